The van der Waals surface area contributed by atoms with Gasteiger partial charge in [0.05, 0.1) is 5.56 Å². The van der Waals surface area contributed by atoms with Crippen LogP contribution in [0.2, 0.25) is 0 Å². The molecule has 1 saturated heterocycles. The third-order valence-electron chi connectivity index (χ3n) is 3.36. The molecule has 0 unspecified atom stereocenters. The summed E-state index contributed by atoms with van der Waals surface area (Å²) in [4.78, 5) is 36.4. The second-order valence-electron chi connectivity index (χ2n) is 4.60. The summed E-state index contributed by atoms with van der Waals surface area (Å²) in [5, 5.41) is 11.6. The molecule has 2 amide bonds. The normalized spacial score (nSPS) is 18.6. The number of carbonyl (C=O) groups is 3. The van der Waals surface area contributed by atoms with Gasteiger partial charge in [0.2, 0.25) is 5.91 Å². The number of carbonyl (C=O) groups excluding carboxylic acids is 2. The second-order valence-corrected chi connectivity index (χ2v) is 4.60. The predicted molar refractivity (Wildman–Crippen MR) is 71.5 cm³/mol. The van der Waals surface area contributed by atoms with Crippen LogP contribution in [0.1, 0.15) is 34.1 Å². The molecule has 0 bridgehead atoms. The summed E-state index contributed by atoms with van der Waals surface area (Å²) in [7, 11) is 0. The molecule has 6 heteroatoms. The molecule has 0 spiro atoms. The number of amides is 2. The number of carboxylic acids is 1. The molecule has 0 aliphatic carbocycles. The van der Waals surface area contributed by atoms with Crippen molar-refractivity contribution in [3.05, 3.63) is 35.4 Å². The van der Waals surface area contributed by atoms with Gasteiger partial charge in [0.15, 0.2) is 0 Å². The Balaban J connectivity index is 2.21. The molecule has 20 heavy (non-hydrogen) atoms. The number of nitrogens with one attached hydrogen (secondary N) is 1. The first-order valence-electron chi connectivity index (χ1n) is 6.46. The van der Waals surface area contributed by atoms with Gasteiger partial charge in [-0.05, 0) is 30.7 Å². The molecule has 0 aromatic heterocycles. The van der Waals surface area contributed by atoms with E-state index >= 15 is 0 Å². The standard InChI is InChI=1S/C14H16N2O4/c1-2-11-12(17)15-7-8-16(11)13(18)9-3-5-10(6-4-9)14(19)20/h3-6,11H,2,7-8H2,1H3,(H,15,17)(H,19,20)/t11-/m1/s1. The number of piperazine rings is 1. The molecule has 1 aromatic carbocycles. The number of aromatic carboxylic acids is 1. The summed E-state index contributed by atoms with van der Waals surface area (Å²) >= 11 is 0. The molecule has 1 heterocycles. The molecule has 0 radical (unpaired) electrons. The van der Waals surface area contributed by atoms with Crippen LogP contribution in [0, 0.1) is 0 Å². The van der Waals surface area contributed by atoms with E-state index in [1.165, 1.54) is 29.2 Å². The van der Waals surface area contributed by atoms with E-state index in [4.69, 9.17) is 5.11 Å². The Morgan fingerprint density at radius 1 is 1.30 bits per heavy atom. The van der Waals surface area contributed by atoms with Crippen molar-refractivity contribution in [2.45, 2.75) is 19.4 Å². The first kappa shape index (κ1) is 14.0. The molecule has 1 aromatic rings. The lowest BCUT2D eigenvalue weighted by molar-refractivity contribution is -0.127. The zero-order chi connectivity index (χ0) is 14.7. The molecular formula is C14H16N2O4. The number of nitrogens with zero attached hydrogens (tertiary/aromatic N) is 1. The van der Waals surface area contributed by atoms with Crippen LogP contribution in [-0.2, 0) is 4.79 Å². The lowest BCUT2D eigenvalue weighted by atomic mass is 10.1. The zero-order valence-electron chi connectivity index (χ0n) is 11.1. The van der Waals surface area contributed by atoms with E-state index in [1.54, 1.807) is 0 Å². The molecule has 106 valence electrons. The van der Waals surface area contributed by atoms with E-state index in [0.29, 0.717) is 25.1 Å². The molecule has 1 aliphatic rings. The number of rotatable bonds is 3. The van der Waals surface area contributed by atoms with Crippen molar-refractivity contribution in [3.8, 4) is 0 Å². The maximum atomic E-state index is 12.4. The van der Waals surface area contributed by atoms with Crippen LogP contribution in [0.5, 0.6) is 0 Å². The van der Waals surface area contributed by atoms with Crippen molar-refractivity contribution >= 4 is 17.8 Å². The highest BCUT2D eigenvalue weighted by molar-refractivity contribution is 5.99. The van der Waals surface area contributed by atoms with Crippen molar-refractivity contribution < 1.29 is 19.5 Å². The number of hydrogen-bond acceptors (Lipinski definition) is 3. The van der Waals surface area contributed by atoms with Crippen molar-refractivity contribution in [2.24, 2.45) is 0 Å². The largest absolute Gasteiger partial charge is 0.478 e. The lowest BCUT2D eigenvalue weighted by Crippen LogP contribution is -2.56. The maximum absolute atomic E-state index is 12.4. The highest BCUT2D eigenvalue weighted by Crippen LogP contribution is 2.14. The average molecular weight is 276 g/mol. The van der Waals surface area contributed by atoms with Crippen molar-refractivity contribution in [3.63, 3.8) is 0 Å². The highest BCUT2D eigenvalue weighted by Gasteiger charge is 2.31. The van der Waals surface area contributed by atoms with Gasteiger partial charge in [0.25, 0.3) is 5.91 Å². The summed E-state index contributed by atoms with van der Waals surface area (Å²) < 4.78 is 0. The Bertz CT molecular complexity index is 539. The number of benzene rings is 1. The summed E-state index contributed by atoms with van der Waals surface area (Å²) in [6, 6.07) is 5.27. The third-order valence-corrected chi connectivity index (χ3v) is 3.36. The molecule has 1 aliphatic heterocycles. The Hall–Kier alpha value is -2.37. The van der Waals surface area contributed by atoms with Crippen LogP contribution in [-0.4, -0.2) is 46.9 Å². The van der Waals surface area contributed by atoms with Gasteiger partial charge in [-0.2, -0.15) is 0 Å². The number of hydrogen-bond donors (Lipinski definition) is 2. The first-order valence-corrected chi connectivity index (χ1v) is 6.46. The topological polar surface area (TPSA) is 86.7 Å². The Kier molecular flexibility index (Phi) is 4.02. The Morgan fingerprint density at radius 3 is 2.45 bits per heavy atom. The Labute approximate surface area is 116 Å². The SMILES string of the molecule is CC[C@@H]1C(=O)NCCN1C(=O)c1ccc(C(=O)O)cc1. The molecule has 2 rings (SSSR count). The summed E-state index contributed by atoms with van der Waals surface area (Å²) in [6.45, 7) is 2.75. The number of carboxylic acid groups (broad SMARTS) is 1. The van der Waals surface area contributed by atoms with Crippen LogP contribution >= 0.6 is 0 Å². The van der Waals surface area contributed by atoms with E-state index < -0.39 is 12.0 Å². The van der Waals surface area contributed by atoms with E-state index in [9.17, 15) is 14.4 Å². The van der Waals surface area contributed by atoms with E-state index in [1.807, 2.05) is 6.92 Å². The van der Waals surface area contributed by atoms with Crippen LogP contribution in [0.3, 0.4) is 0 Å². The van der Waals surface area contributed by atoms with Gasteiger partial charge in [0, 0.05) is 18.7 Å². The second kappa shape index (κ2) is 5.73. The monoisotopic (exact) mass is 276 g/mol. The fourth-order valence-electron chi connectivity index (χ4n) is 2.28. The predicted octanol–water partition coefficient (Wildman–Crippen LogP) is 0.735. The van der Waals surface area contributed by atoms with Crippen LogP contribution in [0.25, 0.3) is 0 Å². The molecule has 1 atom stereocenters. The molecule has 1 fully saturated rings. The van der Waals surface area contributed by atoms with Gasteiger partial charge in [-0.1, -0.05) is 6.92 Å². The summed E-state index contributed by atoms with van der Waals surface area (Å²) in [6.07, 6.45) is 0.546. The van der Waals surface area contributed by atoms with Crippen LogP contribution in [0.4, 0.5) is 0 Å². The molecule has 2 N–H and O–H groups in total. The fraction of sp³-hybridized carbons (Fsp3) is 0.357. The van der Waals surface area contributed by atoms with E-state index in [0.717, 1.165) is 0 Å². The van der Waals surface area contributed by atoms with E-state index in [2.05, 4.69) is 5.32 Å². The third kappa shape index (κ3) is 2.64. The zero-order valence-corrected chi connectivity index (χ0v) is 11.1. The van der Waals surface area contributed by atoms with Crippen LogP contribution in [0.15, 0.2) is 24.3 Å². The van der Waals surface area contributed by atoms with Gasteiger partial charge in [-0.3, -0.25) is 9.59 Å². The highest BCUT2D eigenvalue weighted by atomic mass is 16.4. The van der Waals surface area contributed by atoms with E-state index in [-0.39, 0.29) is 17.4 Å². The Morgan fingerprint density at radius 2 is 1.90 bits per heavy atom. The fourth-order valence-corrected chi connectivity index (χ4v) is 2.28. The summed E-state index contributed by atoms with van der Waals surface area (Å²) in [5.41, 5.74) is 0.521. The lowest BCUT2D eigenvalue weighted by Gasteiger charge is -2.34. The molecular weight excluding hydrogens is 260 g/mol. The van der Waals surface area contributed by atoms with Gasteiger partial charge in [-0.25, -0.2) is 4.79 Å². The minimum atomic E-state index is -1.03. The minimum Gasteiger partial charge on any atom is -0.478 e. The van der Waals surface area contributed by atoms with Crippen molar-refractivity contribution in [1.82, 2.24) is 10.2 Å². The molecule has 0 saturated carbocycles. The van der Waals surface area contributed by atoms with Gasteiger partial charge < -0.3 is 15.3 Å². The van der Waals surface area contributed by atoms with Gasteiger partial charge in [0.1, 0.15) is 6.04 Å². The smallest absolute Gasteiger partial charge is 0.335 e. The maximum Gasteiger partial charge on any atom is 0.335 e. The van der Waals surface area contributed by atoms with Crippen LogP contribution < -0.4 is 5.32 Å². The summed E-state index contributed by atoms with van der Waals surface area (Å²) in [5.74, 6) is -1.43. The first-order chi connectivity index (χ1) is 9.54. The minimum absolute atomic E-state index is 0.130. The average Bonchev–Trinajstić information content (AvgIpc) is 2.46. The van der Waals surface area contributed by atoms with Crippen molar-refractivity contribution in [2.75, 3.05) is 13.1 Å². The quantitative estimate of drug-likeness (QED) is 0.852. The van der Waals surface area contributed by atoms with Crippen molar-refractivity contribution in [1.29, 1.82) is 0 Å². The van der Waals surface area contributed by atoms with Gasteiger partial charge in [-0.15, -0.1) is 0 Å². The van der Waals surface area contributed by atoms with Gasteiger partial charge >= 0.3 is 5.97 Å². The molecule has 6 nitrogen and oxygen atoms in total.